The monoisotopic (exact) mass is 326 g/mol. The molecule has 1 N–H and O–H groups in total. The van der Waals surface area contributed by atoms with E-state index in [9.17, 15) is 9.18 Å². The second-order valence-corrected chi connectivity index (χ2v) is 6.20. The molecule has 3 nitrogen and oxygen atoms in total. The fourth-order valence-corrected chi connectivity index (χ4v) is 3.16. The minimum absolute atomic E-state index is 0.0876. The van der Waals surface area contributed by atoms with Crippen molar-refractivity contribution >= 4 is 11.6 Å². The molecule has 0 aliphatic carbocycles. The molecular formula is C20H23FN2O. The number of fused-ring (bicyclic) bond motifs is 1. The van der Waals surface area contributed by atoms with E-state index in [1.54, 1.807) is 12.1 Å². The summed E-state index contributed by atoms with van der Waals surface area (Å²) in [4.78, 5) is 14.2. The summed E-state index contributed by atoms with van der Waals surface area (Å²) in [5.41, 5.74) is 3.75. The van der Waals surface area contributed by atoms with Gasteiger partial charge in [-0.3, -0.25) is 4.79 Å². The molecule has 0 saturated carbocycles. The zero-order chi connectivity index (χ0) is 16.8. The highest BCUT2D eigenvalue weighted by Crippen LogP contribution is 2.26. The number of nitrogens with one attached hydrogen (secondary N) is 1. The molecule has 0 atom stereocenters. The van der Waals surface area contributed by atoms with Crippen LogP contribution in [0.25, 0.3) is 0 Å². The van der Waals surface area contributed by atoms with Gasteiger partial charge < -0.3 is 10.2 Å². The maximum absolute atomic E-state index is 12.8. The molecule has 2 aromatic carbocycles. The molecule has 0 fully saturated rings. The number of anilines is 1. The topological polar surface area (TPSA) is 32.3 Å². The average molecular weight is 326 g/mol. The lowest BCUT2D eigenvalue weighted by atomic mass is 10.1. The number of carbonyl (C=O) groups is 1. The normalized spacial score (nSPS) is 13.0. The maximum Gasteiger partial charge on any atom is 0.220 e. The third-order valence-electron chi connectivity index (χ3n) is 4.47. The zero-order valence-electron chi connectivity index (χ0n) is 13.8. The van der Waals surface area contributed by atoms with E-state index >= 15 is 0 Å². The standard InChI is InChI=1S/C20H23FN2O/c21-18-10-8-16(9-11-18)4-3-7-20(24)22-13-15-23-14-12-17-5-1-2-6-19(17)23/h1-2,5-6,8-11H,3-4,7,12-15H2,(H,22,24). The number of carbonyl (C=O) groups excluding carboxylic acids is 1. The van der Waals surface area contributed by atoms with E-state index in [2.05, 4.69) is 34.5 Å². The van der Waals surface area contributed by atoms with Gasteiger partial charge in [0.1, 0.15) is 5.82 Å². The van der Waals surface area contributed by atoms with Crippen molar-refractivity contribution in [2.24, 2.45) is 0 Å². The maximum atomic E-state index is 12.8. The fraction of sp³-hybridized carbons (Fsp3) is 0.350. The molecule has 1 aliphatic rings. The first-order valence-corrected chi connectivity index (χ1v) is 8.56. The van der Waals surface area contributed by atoms with Crippen LogP contribution in [-0.4, -0.2) is 25.5 Å². The lowest BCUT2D eigenvalue weighted by Gasteiger charge is -2.19. The van der Waals surface area contributed by atoms with Crippen molar-refractivity contribution in [3.8, 4) is 0 Å². The predicted octanol–water partition coefficient (Wildman–Crippen LogP) is 3.33. The molecule has 0 saturated heterocycles. The Balaban J connectivity index is 1.34. The smallest absolute Gasteiger partial charge is 0.220 e. The molecule has 0 unspecified atom stereocenters. The summed E-state index contributed by atoms with van der Waals surface area (Å²) in [5.74, 6) is -0.135. The van der Waals surface area contributed by atoms with Crippen molar-refractivity contribution < 1.29 is 9.18 Å². The number of halogens is 1. The van der Waals surface area contributed by atoms with Gasteiger partial charge in [-0.05, 0) is 48.6 Å². The van der Waals surface area contributed by atoms with E-state index in [-0.39, 0.29) is 11.7 Å². The van der Waals surface area contributed by atoms with Crippen molar-refractivity contribution in [2.75, 3.05) is 24.5 Å². The fourth-order valence-electron chi connectivity index (χ4n) is 3.16. The molecule has 0 spiro atoms. The van der Waals surface area contributed by atoms with Gasteiger partial charge in [0.2, 0.25) is 5.91 Å². The quantitative estimate of drug-likeness (QED) is 0.846. The highest BCUT2D eigenvalue weighted by molar-refractivity contribution is 5.75. The zero-order valence-corrected chi connectivity index (χ0v) is 13.8. The molecular weight excluding hydrogens is 303 g/mol. The van der Waals surface area contributed by atoms with Crippen LogP contribution >= 0.6 is 0 Å². The summed E-state index contributed by atoms with van der Waals surface area (Å²) < 4.78 is 12.8. The molecule has 1 heterocycles. The van der Waals surface area contributed by atoms with Gasteiger partial charge in [0, 0.05) is 31.7 Å². The molecule has 126 valence electrons. The van der Waals surface area contributed by atoms with Crippen LogP contribution in [0.3, 0.4) is 0 Å². The van der Waals surface area contributed by atoms with Gasteiger partial charge in [-0.1, -0.05) is 30.3 Å². The van der Waals surface area contributed by atoms with Gasteiger partial charge in [-0.2, -0.15) is 0 Å². The number of nitrogens with zero attached hydrogens (tertiary/aromatic N) is 1. The second-order valence-electron chi connectivity index (χ2n) is 6.20. The van der Waals surface area contributed by atoms with Gasteiger partial charge in [0.15, 0.2) is 0 Å². The van der Waals surface area contributed by atoms with E-state index in [0.717, 1.165) is 37.9 Å². The molecule has 0 radical (unpaired) electrons. The Bertz CT molecular complexity index is 684. The minimum atomic E-state index is -0.222. The van der Waals surface area contributed by atoms with Gasteiger partial charge in [0.25, 0.3) is 0 Å². The number of rotatable bonds is 7. The highest BCUT2D eigenvalue weighted by Gasteiger charge is 2.17. The van der Waals surface area contributed by atoms with Crippen LogP contribution in [0.4, 0.5) is 10.1 Å². The van der Waals surface area contributed by atoms with Crippen molar-refractivity contribution in [3.05, 3.63) is 65.5 Å². The Morgan fingerprint density at radius 2 is 1.92 bits per heavy atom. The molecule has 4 heteroatoms. The van der Waals surface area contributed by atoms with Crippen molar-refractivity contribution in [1.29, 1.82) is 0 Å². The Labute approximate surface area is 142 Å². The van der Waals surface area contributed by atoms with Gasteiger partial charge in [-0.15, -0.1) is 0 Å². The third-order valence-corrected chi connectivity index (χ3v) is 4.47. The first kappa shape index (κ1) is 16.5. The number of benzene rings is 2. The molecule has 3 rings (SSSR count). The van der Waals surface area contributed by atoms with E-state index in [1.807, 2.05) is 0 Å². The number of hydrogen-bond donors (Lipinski definition) is 1. The van der Waals surface area contributed by atoms with Crippen LogP contribution in [0.15, 0.2) is 48.5 Å². The lowest BCUT2D eigenvalue weighted by Crippen LogP contribution is -2.34. The van der Waals surface area contributed by atoms with Crippen LogP contribution < -0.4 is 10.2 Å². The van der Waals surface area contributed by atoms with Gasteiger partial charge in [0.05, 0.1) is 0 Å². The van der Waals surface area contributed by atoms with Crippen molar-refractivity contribution in [3.63, 3.8) is 0 Å². The third kappa shape index (κ3) is 4.34. The summed E-state index contributed by atoms with van der Waals surface area (Å²) in [5, 5.41) is 3.00. The van der Waals surface area contributed by atoms with Crippen LogP contribution in [0.1, 0.15) is 24.0 Å². The molecule has 1 amide bonds. The summed E-state index contributed by atoms with van der Waals surface area (Å²) in [6.45, 7) is 2.55. The molecule has 24 heavy (non-hydrogen) atoms. The molecule has 2 aromatic rings. The molecule has 1 aliphatic heterocycles. The minimum Gasteiger partial charge on any atom is -0.369 e. The number of para-hydroxylation sites is 1. The molecule has 0 aromatic heterocycles. The van der Waals surface area contributed by atoms with Crippen LogP contribution in [0.2, 0.25) is 0 Å². The van der Waals surface area contributed by atoms with Gasteiger partial charge >= 0.3 is 0 Å². The lowest BCUT2D eigenvalue weighted by molar-refractivity contribution is -0.121. The average Bonchev–Trinajstić information content (AvgIpc) is 3.00. The Hall–Kier alpha value is -2.36. The van der Waals surface area contributed by atoms with Crippen LogP contribution in [-0.2, 0) is 17.6 Å². The number of aryl methyl sites for hydroxylation is 1. The van der Waals surface area contributed by atoms with Crippen molar-refractivity contribution in [2.45, 2.75) is 25.7 Å². The first-order valence-electron chi connectivity index (χ1n) is 8.56. The Kier molecular flexibility index (Phi) is 5.47. The Morgan fingerprint density at radius 1 is 1.12 bits per heavy atom. The summed E-state index contributed by atoms with van der Waals surface area (Å²) in [6.07, 6.45) is 3.17. The van der Waals surface area contributed by atoms with E-state index in [0.29, 0.717) is 13.0 Å². The number of amides is 1. The Morgan fingerprint density at radius 3 is 2.75 bits per heavy atom. The summed E-state index contributed by atoms with van der Waals surface area (Å²) in [7, 11) is 0. The largest absolute Gasteiger partial charge is 0.369 e. The predicted molar refractivity (Wildman–Crippen MR) is 94.7 cm³/mol. The summed E-state index contributed by atoms with van der Waals surface area (Å²) >= 11 is 0. The number of hydrogen-bond acceptors (Lipinski definition) is 2. The first-order chi connectivity index (χ1) is 11.7. The SMILES string of the molecule is O=C(CCCc1ccc(F)cc1)NCCN1CCc2ccccc21. The summed E-state index contributed by atoms with van der Waals surface area (Å²) in [6, 6.07) is 14.9. The highest BCUT2D eigenvalue weighted by atomic mass is 19.1. The molecule has 0 bridgehead atoms. The van der Waals surface area contributed by atoms with E-state index < -0.39 is 0 Å². The van der Waals surface area contributed by atoms with Crippen molar-refractivity contribution in [1.82, 2.24) is 5.32 Å². The van der Waals surface area contributed by atoms with Gasteiger partial charge in [-0.25, -0.2) is 4.39 Å². The van der Waals surface area contributed by atoms with Crippen LogP contribution in [0, 0.1) is 5.82 Å². The van der Waals surface area contributed by atoms with Crippen LogP contribution in [0.5, 0.6) is 0 Å². The van der Waals surface area contributed by atoms with E-state index in [1.165, 1.54) is 23.4 Å². The second kappa shape index (κ2) is 7.95. The van der Waals surface area contributed by atoms with E-state index in [4.69, 9.17) is 0 Å².